The van der Waals surface area contributed by atoms with E-state index in [1.54, 1.807) is 22.5 Å². The fourth-order valence-corrected chi connectivity index (χ4v) is 4.33. The molecule has 140 valence electrons. The predicted molar refractivity (Wildman–Crippen MR) is 103 cm³/mol. The van der Waals surface area contributed by atoms with E-state index < -0.39 is 0 Å². The van der Waals surface area contributed by atoms with E-state index in [-0.39, 0.29) is 11.5 Å². The molecule has 2 aromatic rings. The van der Waals surface area contributed by atoms with Crippen molar-refractivity contribution in [1.29, 1.82) is 0 Å². The lowest BCUT2D eigenvalue weighted by atomic mass is 10.4. The van der Waals surface area contributed by atoms with Crippen molar-refractivity contribution in [2.24, 2.45) is 0 Å². The van der Waals surface area contributed by atoms with Gasteiger partial charge >= 0.3 is 0 Å². The fraction of sp³-hybridized carbons (Fsp3) is 0.556. The first kappa shape index (κ1) is 18.7. The fourth-order valence-electron chi connectivity index (χ4n) is 3.17. The molecule has 2 heterocycles. The van der Waals surface area contributed by atoms with Crippen LogP contribution < -0.4 is 10.9 Å². The van der Waals surface area contributed by atoms with Crippen LogP contribution in [0.4, 0.5) is 0 Å². The largest absolute Gasteiger partial charge is 0.354 e. The molecular formula is C18H25N5O2S. The highest BCUT2D eigenvalue weighted by atomic mass is 32.2. The van der Waals surface area contributed by atoms with Crippen molar-refractivity contribution >= 4 is 17.7 Å². The van der Waals surface area contributed by atoms with Crippen molar-refractivity contribution in [2.75, 3.05) is 12.3 Å². The monoisotopic (exact) mass is 375 g/mol. The van der Waals surface area contributed by atoms with Gasteiger partial charge in [0.2, 0.25) is 5.91 Å². The van der Waals surface area contributed by atoms with Gasteiger partial charge in [0.15, 0.2) is 5.82 Å². The Morgan fingerprint density at radius 2 is 2.04 bits per heavy atom. The molecule has 0 bridgehead atoms. The van der Waals surface area contributed by atoms with E-state index in [1.807, 2.05) is 19.9 Å². The van der Waals surface area contributed by atoms with Gasteiger partial charge in [-0.3, -0.25) is 9.59 Å². The Hall–Kier alpha value is -2.09. The third-order valence-electron chi connectivity index (χ3n) is 4.48. The number of aryl methyl sites for hydroxylation is 2. The maximum atomic E-state index is 12.0. The summed E-state index contributed by atoms with van der Waals surface area (Å²) in [7, 11) is 0. The first-order valence-corrected chi connectivity index (χ1v) is 10.1. The summed E-state index contributed by atoms with van der Waals surface area (Å²) < 4.78 is 3.08. The van der Waals surface area contributed by atoms with Gasteiger partial charge in [-0.2, -0.15) is 5.10 Å². The zero-order chi connectivity index (χ0) is 18.5. The second-order valence-corrected chi connectivity index (χ2v) is 7.95. The summed E-state index contributed by atoms with van der Waals surface area (Å²) in [5.74, 6) is 1.10. The van der Waals surface area contributed by atoms with E-state index in [0.717, 1.165) is 11.4 Å². The molecule has 1 amide bonds. The minimum atomic E-state index is -0.190. The predicted octanol–water partition coefficient (Wildman–Crippen LogP) is 1.84. The molecule has 1 aliphatic carbocycles. The number of amides is 1. The maximum absolute atomic E-state index is 12.0. The molecule has 1 fully saturated rings. The molecule has 7 nitrogen and oxygen atoms in total. The summed E-state index contributed by atoms with van der Waals surface area (Å²) in [6.45, 7) is 4.58. The van der Waals surface area contributed by atoms with E-state index in [4.69, 9.17) is 0 Å². The molecule has 1 saturated carbocycles. The smallest absolute Gasteiger partial charge is 0.266 e. The van der Waals surface area contributed by atoms with Crippen molar-refractivity contribution in [3.8, 4) is 5.82 Å². The van der Waals surface area contributed by atoms with Gasteiger partial charge in [0, 0.05) is 23.6 Å². The average molecular weight is 375 g/mol. The van der Waals surface area contributed by atoms with Crippen LogP contribution in [0.2, 0.25) is 0 Å². The molecule has 0 atom stereocenters. The molecule has 0 radical (unpaired) electrons. The summed E-state index contributed by atoms with van der Waals surface area (Å²) >= 11 is 1.74. The van der Waals surface area contributed by atoms with E-state index in [1.165, 1.54) is 36.4 Å². The minimum absolute atomic E-state index is 0.0182. The van der Waals surface area contributed by atoms with Crippen LogP contribution in [0.1, 0.15) is 37.1 Å². The number of aromatic nitrogens is 4. The van der Waals surface area contributed by atoms with Crippen LogP contribution in [0.15, 0.2) is 23.0 Å². The second-order valence-electron chi connectivity index (χ2n) is 6.66. The van der Waals surface area contributed by atoms with Crippen molar-refractivity contribution in [2.45, 2.75) is 51.3 Å². The van der Waals surface area contributed by atoms with Crippen LogP contribution in [0.25, 0.3) is 5.82 Å². The van der Waals surface area contributed by atoms with Gasteiger partial charge in [-0.1, -0.05) is 12.8 Å². The Kier molecular flexibility index (Phi) is 6.13. The highest BCUT2D eigenvalue weighted by molar-refractivity contribution is 8.00. The SMILES string of the molecule is Cc1cc(C)n(-c2ccc(=O)n(CCNC(=O)CSC3CCCC3)n2)n1. The van der Waals surface area contributed by atoms with E-state index in [9.17, 15) is 9.59 Å². The second kappa shape index (κ2) is 8.53. The number of nitrogens with one attached hydrogen (secondary N) is 1. The summed E-state index contributed by atoms with van der Waals surface area (Å²) in [4.78, 5) is 24.0. The Morgan fingerprint density at radius 3 is 2.73 bits per heavy atom. The maximum Gasteiger partial charge on any atom is 0.266 e. The minimum Gasteiger partial charge on any atom is -0.354 e. The summed E-state index contributed by atoms with van der Waals surface area (Å²) in [6, 6.07) is 5.10. The number of hydrogen-bond donors (Lipinski definition) is 1. The molecule has 26 heavy (non-hydrogen) atoms. The zero-order valence-corrected chi connectivity index (χ0v) is 16.1. The Balaban J connectivity index is 1.54. The lowest BCUT2D eigenvalue weighted by Gasteiger charge is -2.10. The molecule has 1 aliphatic rings. The number of hydrogen-bond acceptors (Lipinski definition) is 5. The molecule has 0 unspecified atom stereocenters. The van der Waals surface area contributed by atoms with Crippen LogP contribution in [0.3, 0.4) is 0 Å². The molecule has 0 aliphatic heterocycles. The van der Waals surface area contributed by atoms with Gasteiger partial charge in [0.25, 0.3) is 5.56 Å². The van der Waals surface area contributed by atoms with Crippen LogP contribution >= 0.6 is 11.8 Å². The third kappa shape index (κ3) is 4.75. The standard InChI is InChI=1S/C18H25N5O2S/c1-13-11-14(2)23(20-13)16-7-8-18(25)22(21-16)10-9-19-17(24)12-26-15-5-3-4-6-15/h7-8,11,15H,3-6,9-10,12H2,1-2H3,(H,19,24). The van der Waals surface area contributed by atoms with Crippen molar-refractivity contribution in [1.82, 2.24) is 24.9 Å². The highest BCUT2D eigenvalue weighted by Gasteiger charge is 2.16. The first-order chi connectivity index (χ1) is 12.5. The quantitative estimate of drug-likeness (QED) is 0.798. The summed E-state index contributed by atoms with van der Waals surface area (Å²) in [6.07, 6.45) is 4.99. The zero-order valence-electron chi connectivity index (χ0n) is 15.3. The molecular weight excluding hydrogens is 350 g/mol. The number of carbonyl (C=O) groups excluding carboxylic acids is 1. The highest BCUT2D eigenvalue weighted by Crippen LogP contribution is 2.28. The molecule has 3 rings (SSSR count). The van der Waals surface area contributed by atoms with Crippen LogP contribution in [0.5, 0.6) is 0 Å². The molecule has 0 aromatic carbocycles. The molecule has 1 N–H and O–H groups in total. The van der Waals surface area contributed by atoms with Crippen LogP contribution in [-0.4, -0.2) is 43.0 Å². The number of rotatable bonds is 7. The van der Waals surface area contributed by atoms with E-state index in [0.29, 0.717) is 29.9 Å². The first-order valence-electron chi connectivity index (χ1n) is 9.03. The van der Waals surface area contributed by atoms with Gasteiger partial charge < -0.3 is 5.32 Å². The molecule has 0 spiro atoms. The van der Waals surface area contributed by atoms with Crippen molar-refractivity contribution < 1.29 is 4.79 Å². The number of nitrogens with zero attached hydrogens (tertiary/aromatic N) is 4. The lowest BCUT2D eigenvalue weighted by Crippen LogP contribution is -2.33. The molecule has 0 saturated heterocycles. The Bertz CT molecular complexity index is 823. The van der Waals surface area contributed by atoms with Gasteiger partial charge in [-0.25, -0.2) is 9.36 Å². The van der Waals surface area contributed by atoms with Gasteiger partial charge in [-0.15, -0.1) is 16.9 Å². The summed E-state index contributed by atoms with van der Waals surface area (Å²) in [5, 5.41) is 12.3. The van der Waals surface area contributed by atoms with Crippen molar-refractivity contribution in [3.63, 3.8) is 0 Å². The van der Waals surface area contributed by atoms with Gasteiger partial charge in [-0.05, 0) is 38.8 Å². The Morgan fingerprint density at radius 1 is 1.27 bits per heavy atom. The molecule has 8 heteroatoms. The lowest BCUT2D eigenvalue weighted by molar-refractivity contribution is -0.118. The number of thioether (sulfide) groups is 1. The normalized spacial score (nSPS) is 14.7. The topological polar surface area (TPSA) is 81.8 Å². The van der Waals surface area contributed by atoms with Crippen LogP contribution in [0, 0.1) is 13.8 Å². The van der Waals surface area contributed by atoms with Gasteiger partial charge in [0.1, 0.15) is 0 Å². The average Bonchev–Trinajstić information content (AvgIpc) is 3.24. The Labute approximate surface area is 157 Å². The van der Waals surface area contributed by atoms with Crippen LogP contribution in [-0.2, 0) is 11.3 Å². The van der Waals surface area contributed by atoms with Crippen molar-refractivity contribution in [3.05, 3.63) is 39.9 Å². The van der Waals surface area contributed by atoms with Gasteiger partial charge in [0.05, 0.1) is 18.0 Å². The van der Waals surface area contributed by atoms with E-state index in [2.05, 4.69) is 15.5 Å². The molecule has 2 aromatic heterocycles. The van der Waals surface area contributed by atoms with E-state index >= 15 is 0 Å². The number of carbonyl (C=O) groups is 1. The third-order valence-corrected chi connectivity index (χ3v) is 5.85. The summed E-state index contributed by atoms with van der Waals surface area (Å²) in [5.41, 5.74) is 1.66.